The van der Waals surface area contributed by atoms with E-state index in [0.717, 1.165) is 11.6 Å². The average Bonchev–Trinajstić information content (AvgIpc) is 3.01. The molecule has 8 heteroatoms. The highest BCUT2D eigenvalue weighted by Gasteiger charge is 2.23. The van der Waals surface area contributed by atoms with Crippen molar-refractivity contribution in [1.29, 1.82) is 0 Å². The Hall–Kier alpha value is -2.80. The molecule has 1 aliphatic heterocycles. The summed E-state index contributed by atoms with van der Waals surface area (Å²) in [5.74, 6) is 0.695. The Bertz CT molecular complexity index is 824. The molecular weight excluding hydrogens is 336 g/mol. The minimum Gasteiger partial charge on any atom is -0.454 e. The van der Waals surface area contributed by atoms with Crippen LogP contribution in [0.1, 0.15) is 28.9 Å². The molecule has 3 rings (SSSR count). The maximum atomic E-state index is 12.4. The van der Waals surface area contributed by atoms with Crippen LogP contribution in [-0.2, 0) is 0 Å². The Balaban J connectivity index is 1.81. The number of fused-ring (bicyclic) bond motifs is 1. The molecule has 1 unspecified atom stereocenters. The predicted molar refractivity (Wildman–Crippen MR) is 86.6 cm³/mol. The number of hydrogen-bond donors (Lipinski definition) is 1. The Labute approximate surface area is 142 Å². The van der Waals surface area contributed by atoms with Gasteiger partial charge in [0.1, 0.15) is 5.56 Å². The summed E-state index contributed by atoms with van der Waals surface area (Å²) >= 11 is 5.76. The van der Waals surface area contributed by atoms with E-state index in [-0.39, 0.29) is 29.1 Å². The van der Waals surface area contributed by atoms with Crippen molar-refractivity contribution in [2.75, 3.05) is 6.79 Å². The van der Waals surface area contributed by atoms with Gasteiger partial charge in [-0.3, -0.25) is 14.9 Å². The molecule has 2 aromatic rings. The number of amides is 1. The number of nitrogens with zero attached hydrogens (tertiary/aromatic N) is 1. The van der Waals surface area contributed by atoms with Gasteiger partial charge < -0.3 is 14.8 Å². The highest BCUT2D eigenvalue weighted by molar-refractivity contribution is 6.31. The molecule has 0 fully saturated rings. The number of nitrogens with one attached hydrogen (secondary N) is 1. The molecule has 7 nitrogen and oxygen atoms in total. The molecule has 1 amide bonds. The number of halogens is 1. The molecule has 1 N–H and O–H groups in total. The first-order valence-electron chi connectivity index (χ1n) is 7.10. The third-order valence-electron chi connectivity index (χ3n) is 3.65. The Morgan fingerprint density at radius 1 is 1.25 bits per heavy atom. The smallest absolute Gasteiger partial charge is 0.283 e. The van der Waals surface area contributed by atoms with Gasteiger partial charge in [-0.25, -0.2) is 0 Å². The quantitative estimate of drug-likeness (QED) is 0.674. The summed E-state index contributed by atoms with van der Waals surface area (Å²) in [5, 5.41) is 14.0. The molecule has 124 valence electrons. The Kier molecular flexibility index (Phi) is 4.26. The first-order valence-corrected chi connectivity index (χ1v) is 7.48. The Morgan fingerprint density at radius 2 is 2.00 bits per heavy atom. The molecule has 0 radical (unpaired) electrons. The fourth-order valence-corrected chi connectivity index (χ4v) is 2.55. The second-order valence-corrected chi connectivity index (χ2v) is 5.66. The zero-order valence-corrected chi connectivity index (χ0v) is 13.4. The highest BCUT2D eigenvalue weighted by atomic mass is 35.5. The second kappa shape index (κ2) is 6.37. The summed E-state index contributed by atoms with van der Waals surface area (Å²) in [6, 6.07) is 8.88. The van der Waals surface area contributed by atoms with E-state index < -0.39 is 10.8 Å². The topological polar surface area (TPSA) is 90.7 Å². The second-order valence-electron chi connectivity index (χ2n) is 5.23. The lowest BCUT2D eigenvalue weighted by Gasteiger charge is -2.15. The number of rotatable bonds is 4. The first kappa shape index (κ1) is 16.1. The minimum absolute atomic E-state index is 0.0445. The van der Waals surface area contributed by atoms with Crippen LogP contribution in [0.25, 0.3) is 0 Å². The third-order valence-corrected chi connectivity index (χ3v) is 3.88. The number of carbonyl (C=O) groups is 1. The van der Waals surface area contributed by atoms with E-state index in [4.69, 9.17) is 21.1 Å². The molecule has 0 bridgehead atoms. The molecular formula is C16H13ClN2O5. The number of carbonyl (C=O) groups excluding carboxylic acids is 1. The summed E-state index contributed by atoms with van der Waals surface area (Å²) < 4.78 is 10.5. The van der Waals surface area contributed by atoms with E-state index in [0.29, 0.717) is 11.5 Å². The summed E-state index contributed by atoms with van der Waals surface area (Å²) in [7, 11) is 0. The number of nitro benzene ring substituents is 1. The van der Waals surface area contributed by atoms with E-state index in [9.17, 15) is 14.9 Å². The number of benzene rings is 2. The molecule has 0 aromatic heterocycles. The fourth-order valence-electron chi connectivity index (χ4n) is 2.39. The number of hydrogen-bond acceptors (Lipinski definition) is 5. The number of nitro groups is 1. The van der Waals surface area contributed by atoms with Crippen LogP contribution < -0.4 is 14.8 Å². The van der Waals surface area contributed by atoms with Crippen LogP contribution >= 0.6 is 11.6 Å². The van der Waals surface area contributed by atoms with Crippen molar-refractivity contribution in [1.82, 2.24) is 5.32 Å². The van der Waals surface area contributed by atoms with Crippen LogP contribution in [0.5, 0.6) is 11.5 Å². The lowest BCUT2D eigenvalue weighted by Crippen LogP contribution is -2.27. The van der Waals surface area contributed by atoms with Crippen molar-refractivity contribution in [2.24, 2.45) is 0 Å². The monoisotopic (exact) mass is 348 g/mol. The molecule has 0 saturated heterocycles. The van der Waals surface area contributed by atoms with Crippen molar-refractivity contribution in [3.05, 3.63) is 62.7 Å². The lowest BCUT2D eigenvalue weighted by atomic mass is 10.1. The largest absolute Gasteiger partial charge is 0.454 e. The van der Waals surface area contributed by atoms with E-state index in [2.05, 4.69) is 5.32 Å². The van der Waals surface area contributed by atoms with Gasteiger partial charge in [0, 0.05) is 11.1 Å². The van der Waals surface area contributed by atoms with Crippen molar-refractivity contribution in [2.45, 2.75) is 13.0 Å². The minimum atomic E-state index is -0.633. The Morgan fingerprint density at radius 3 is 2.75 bits per heavy atom. The van der Waals surface area contributed by atoms with Crippen LogP contribution in [0.3, 0.4) is 0 Å². The molecule has 0 saturated carbocycles. The van der Waals surface area contributed by atoms with Gasteiger partial charge in [-0.1, -0.05) is 17.7 Å². The van der Waals surface area contributed by atoms with Gasteiger partial charge in [-0.05, 0) is 36.8 Å². The van der Waals surface area contributed by atoms with Crippen LogP contribution in [0.4, 0.5) is 5.69 Å². The van der Waals surface area contributed by atoms with Gasteiger partial charge in [0.2, 0.25) is 6.79 Å². The lowest BCUT2D eigenvalue weighted by molar-refractivity contribution is -0.385. The summed E-state index contributed by atoms with van der Waals surface area (Å²) in [6.45, 7) is 1.94. The van der Waals surface area contributed by atoms with Gasteiger partial charge in [0.25, 0.3) is 11.6 Å². The molecule has 1 aliphatic rings. The van der Waals surface area contributed by atoms with E-state index >= 15 is 0 Å². The fraction of sp³-hybridized carbons (Fsp3) is 0.188. The molecule has 1 atom stereocenters. The summed E-state index contributed by atoms with van der Waals surface area (Å²) in [5.41, 5.74) is 0.416. The first-order chi connectivity index (χ1) is 11.5. The predicted octanol–water partition coefficient (Wildman–Crippen LogP) is 3.47. The standard InChI is InChI=1S/C16H13ClN2O5/c1-9(10-2-5-14-15(6-10)24-8-23-14)18-16(20)12-4-3-11(17)7-13(12)19(21)22/h2-7,9H,8H2,1H3,(H,18,20). The molecule has 2 aromatic carbocycles. The third kappa shape index (κ3) is 3.11. The molecule has 0 aliphatic carbocycles. The van der Waals surface area contributed by atoms with Gasteiger partial charge in [-0.2, -0.15) is 0 Å². The highest BCUT2D eigenvalue weighted by Crippen LogP contribution is 2.34. The van der Waals surface area contributed by atoms with Crippen LogP contribution in [0.15, 0.2) is 36.4 Å². The molecule has 1 heterocycles. The average molecular weight is 349 g/mol. The maximum absolute atomic E-state index is 12.4. The van der Waals surface area contributed by atoms with Gasteiger partial charge in [0.05, 0.1) is 11.0 Å². The van der Waals surface area contributed by atoms with E-state index in [1.165, 1.54) is 12.1 Å². The van der Waals surface area contributed by atoms with Crippen molar-refractivity contribution >= 4 is 23.2 Å². The summed E-state index contributed by atoms with van der Waals surface area (Å²) in [4.78, 5) is 22.8. The van der Waals surface area contributed by atoms with Crippen LogP contribution in [0.2, 0.25) is 5.02 Å². The van der Waals surface area contributed by atoms with Crippen molar-refractivity contribution in [3.8, 4) is 11.5 Å². The molecule has 24 heavy (non-hydrogen) atoms. The zero-order valence-electron chi connectivity index (χ0n) is 12.6. The van der Waals surface area contributed by atoms with E-state index in [1.807, 2.05) is 0 Å². The molecule has 0 spiro atoms. The van der Waals surface area contributed by atoms with Crippen LogP contribution in [-0.4, -0.2) is 17.6 Å². The van der Waals surface area contributed by atoms with Crippen molar-refractivity contribution < 1.29 is 19.2 Å². The van der Waals surface area contributed by atoms with Gasteiger partial charge >= 0.3 is 0 Å². The number of ether oxygens (including phenoxy) is 2. The van der Waals surface area contributed by atoms with Gasteiger partial charge in [0.15, 0.2) is 11.5 Å². The maximum Gasteiger partial charge on any atom is 0.283 e. The SMILES string of the molecule is CC(NC(=O)c1ccc(Cl)cc1[N+](=O)[O-])c1ccc2c(c1)OCO2. The summed E-state index contributed by atoms with van der Waals surface area (Å²) in [6.07, 6.45) is 0. The normalized spacial score (nSPS) is 13.4. The van der Waals surface area contributed by atoms with Gasteiger partial charge in [-0.15, -0.1) is 0 Å². The zero-order chi connectivity index (χ0) is 17.3. The van der Waals surface area contributed by atoms with Crippen LogP contribution in [0, 0.1) is 10.1 Å². The van der Waals surface area contributed by atoms with E-state index in [1.54, 1.807) is 25.1 Å². The van der Waals surface area contributed by atoms with Crippen molar-refractivity contribution in [3.63, 3.8) is 0 Å².